The summed E-state index contributed by atoms with van der Waals surface area (Å²) in [5, 5.41) is 26.0. The zero-order chi connectivity index (χ0) is 18.1. The van der Waals surface area contributed by atoms with Crippen LogP contribution in [0.25, 0.3) is 5.57 Å². The number of aliphatic carboxylic acids is 2. The van der Waals surface area contributed by atoms with E-state index in [1.807, 2.05) is 0 Å². The summed E-state index contributed by atoms with van der Waals surface area (Å²) in [4.78, 5) is 22.5. The third kappa shape index (κ3) is 3.24. The van der Waals surface area contributed by atoms with Crippen molar-refractivity contribution in [2.45, 2.75) is 6.18 Å². The number of carbonyl (C=O) groups is 2. The quantitative estimate of drug-likeness (QED) is 0.337. The molecule has 7 nitrogen and oxygen atoms in total. The van der Waals surface area contributed by atoms with E-state index in [1.165, 1.54) is 0 Å². The van der Waals surface area contributed by atoms with Gasteiger partial charge in [0.05, 0.1) is 0 Å². The molecule has 0 saturated carbocycles. The van der Waals surface area contributed by atoms with Crippen LogP contribution in [0.1, 0.15) is 17.0 Å². The summed E-state index contributed by atoms with van der Waals surface area (Å²) in [7, 11) is 0. The third-order valence-corrected chi connectivity index (χ3v) is 2.86. The van der Waals surface area contributed by atoms with Gasteiger partial charge in [0.25, 0.3) is 0 Å². The number of benzene rings is 1. The van der Waals surface area contributed by atoms with Gasteiger partial charge in [0.15, 0.2) is 11.3 Å². The fraction of sp³-hybridized carbons (Fsp3) is 0.0769. The smallest absolute Gasteiger partial charge is 0.437 e. The van der Waals surface area contributed by atoms with Gasteiger partial charge in [-0.25, -0.2) is 14.0 Å². The maximum atomic E-state index is 13.0. The summed E-state index contributed by atoms with van der Waals surface area (Å²) in [5.74, 6) is -4.72. The van der Waals surface area contributed by atoms with Gasteiger partial charge in [-0.15, -0.1) is 0 Å². The molecule has 1 heterocycles. The van der Waals surface area contributed by atoms with Crippen molar-refractivity contribution in [3.63, 3.8) is 0 Å². The first kappa shape index (κ1) is 17.1. The van der Waals surface area contributed by atoms with Crippen molar-refractivity contribution in [2.75, 3.05) is 0 Å². The number of carboxylic acid groups (broad SMARTS) is 2. The first-order valence-corrected chi connectivity index (χ1v) is 6.08. The molecule has 0 amide bonds. The van der Waals surface area contributed by atoms with Gasteiger partial charge in [-0.1, -0.05) is 12.1 Å². The highest BCUT2D eigenvalue weighted by Gasteiger charge is 2.40. The predicted octanol–water partition coefficient (Wildman–Crippen LogP) is 1.93. The predicted molar refractivity (Wildman–Crippen MR) is 69.1 cm³/mol. The fourth-order valence-electron chi connectivity index (χ4n) is 1.92. The van der Waals surface area contributed by atoms with Crippen molar-refractivity contribution in [3.05, 3.63) is 52.6 Å². The molecular weight excluding hydrogens is 338 g/mol. The first-order valence-electron chi connectivity index (χ1n) is 6.08. The average molecular weight is 345 g/mol. The van der Waals surface area contributed by atoms with Gasteiger partial charge in [0.1, 0.15) is 11.5 Å². The number of alkyl halides is 3. The molecule has 0 saturated heterocycles. The van der Waals surface area contributed by atoms with Crippen molar-refractivity contribution in [3.8, 4) is 0 Å². The number of aromatic nitrogens is 3. The molecule has 0 fully saturated rings. The van der Waals surface area contributed by atoms with Gasteiger partial charge in [-0.3, -0.25) is 0 Å². The summed E-state index contributed by atoms with van der Waals surface area (Å²) in [5.41, 5.74) is -5.11. The maximum Gasteiger partial charge on any atom is 0.437 e. The molecule has 24 heavy (non-hydrogen) atoms. The maximum absolute atomic E-state index is 13.0. The van der Waals surface area contributed by atoms with Crippen LogP contribution >= 0.6 is 0 Å². The minimum atomic E-state index is -5.02. The van der Waals surface area contributed by atoms with Crippen molar-refractivity contribution in [1.29, 1.82) is 0 Å². The molecule has 0 atom stereocenters. The zero-order valence-corrected chi connectivity index (χ0v) is 11.4. The summed E-state index contributed by atoms with van der Waals surface area (Å²) in [6.07, 6.45) is -5.02. The van der Waals surface area contributed by atoms with Crippen molar-refractivity contribution in [2.24, 2.45) is 0 Å². The molecule has 1 aromatic carbocycles. The average Bonchev–Trinajstić information content (AvgIpc) is 2.94. The van der Waals surface area contributed by atoms with Gasteiger partial charge in [-0.2, -0.15) is 28.6 Å². The Bertz CT molecular complexity index is 808. The Morgan fingerprint density at radius 3 is 2.00 bits per heavy atom. The van der Waals surface area contributed by atoms with Gasteiger partial charge >= 0.3 is 18.1 Å². The van der Waals surface area contributed by atoms with Crippen LogP contribution in [0.4, 0.5) is 17.6 Å². The minimum absolute atomic E-state index is 0.282. The van der Waals surface area contributed by atoms with E-state index in [-0.39, 0.29) is 5.56 Å². The number of nitrogens with zero attached hydrogens (tertiary/aromatic N) is 2. The normalized spacial score (nSPS) is 11.2. The molecule has 0 unspecified atom stereocenters. The molecular formula is C13H7F4N3O4. The van der Waals surface area contributed by atoms with Crippen LogP contribution in [0.2, 0.25) is 0 Å². The monoisotopic (exact) mass is 345 g/mol. The van der Waals surface area contributed by atoms with Crippen LogP contribution in [0.5, 0.6) is 0 Å². The molecule has 11 heteroatoms. The van der Waals surface area contributed by atoms with E-state index in [1.54, 1.807) is 5.21 Å². The third-order valence-electron chi connectivity index (χ3n) is 2.86. The van der Waals surface area contributed by atoms with Crippen LogP contribution in [0.3, 0.4) is 0 Å². The molecule has 2 aromatic rings. The van der Waals surface area contributed by atoms with Crippen molar-refractivity contribution < 1.29 is 37.4 Å². The van der Waals surface area contributed by atoms with E-state index in [0.717, 1.165) is 24.3 Å². The van der Waals surface area contributed by atoms with Crippen molar-refractivity contribution in [1.82, 2.24) is 15.4 Å². The first-order chi connectivity index (χ1) is 11.1. The molecule has 0 bridgehead atoms. The number of hydrogen-bond donors (Lipinski definition) is 3. The highest BCUT2D eigenvalue weighted by Crippen LogP contribution is 2.36. The Hall–Kier alpha value is -3.24. The lowest BCUT2D eigenvalue weighted by Crippen LogP contribution is -2.17. The van der Waals surface area contributed by atoms with Gasteiger partial charge in [-0.05, 0) is 17.7 Å². The summed E-state index contributed by atoms with van der Waals surface area (Å²) < 4.78 is 52.0. The van der Waals surface area contributed by atoms with Crippen LogP contribution < -0.4 is 0 Å². The Kier molecular flexibility index (Phi) is 4.35. The largest absolute Gasteiger partial charge is 0.477 e. The van der Waals surface area contributed by atoms with Crippen LogP contribution in [0, 0.1) is 5.82 Å². The second-order valence-corrected chi connectivity index (χ2v) is 4.39. The van der Waals surface area contributed by atoms with Crippen molar-refractivity contribution >= 4 is 17.5 Å². The van der Waals surface area contributed by atoms with Crippen LogP contribution in [-0.4, -0.2) is 37.6 Å². The summed E-state index contributed by atoms with van der Waals surface area (Å²) in [6.45, 7) is 0. The lowest BCUT2D eigenvalue weighted by Gasteiger charge is -2.11. The number of hydrogen-bond acceptors (Lipinski definition) is 4. The van der Waals surface area contributed by atoms with Gasteiger partial charge in [0, 0.05) is 5.57 Å². The van der Waals surface area contributed by atoms with Crippen LogP contribution in [0.15, 0.2) is 29.8 Å². The molecule has 0 aliphatic rings. The fourth-order valence-corrected chi connectivity index (χ4v) is 1.92. The Labute approximate surface area is 130 Å². The second kappa shape index (κ2) is 6.10. The lowest BCUT2D eigenvalue weighted by molar-refractivity contribution is -0.142. The second-order valence-electron chi connectivity index (χ2n) is 4.39. The number of halogens is 4. The summed E-state index contributed by atoms with van der Waals surface area (Å²) in [6, 6.07) is 3.55. The Balaban J connectivity index is 2.86. The summed E-state index contributed by atoms with van der Waals surface area (Å²) >= 11 is 0. The minimum Gasteiger partial charge on any atom is -0.477 e. The highest BCUT2D eigenvalue weighted by atomic mass is 19.4. The number of aromatic amines is 1. The van der Waals surface area contributed by atoms with E-state index in [4.69, 9.17) is 10.2 Å². The molecule has 1 aromatic heterocycles. The van der Waals surface area contributed by atoms with Gasteiger partial charge in [0.2, 0.25) is 0 Å². The molecule has 126 valence electrons. The lowest BCUT2D eigenvalue weighted by atomic mass is 9.95. The Morgan fingerprint density at radius 1 is 1.00 bits per heavy atom. The molecule has 3 N–H and O–H groups in total. The Morgan fingerprint density at radius 2 is 1.54 bits per heavy atom. The van der Waals surface area contributed by atoms with E-state index in [2.05, 4.69) is 10.2 Å². The molecule has 0 radical (unpaired) electrons. The molecule has 0 aliphatic heterocycles. The SMILES string of the molecule is O=C(O)C(C(=O)O)=C(c1ccc(F)cc1)c1n[nH]nc1C(F)(F)F. The van der Waals surface area contributed by atoms with E-state index in [9.17, 15) is 27.2 Å². The van der Waals surface area contributed by atoms with Crippen LogP contribution in [-0.2, 0) is 15.8 Å². The van der Waals surface area contributed by atoms with E-state index < -0.39 is 46.5 Å². The highest BCUT2D eigenvalue weighted by molar-refractivity contribution is 6.20. The molecule has 0 spiro atoms. The number of rotatable bonds is 4. The molecule has 2 rings (SSSR count). The van der Waals surface area contributed by atoms with E-state index >= 15 is 0 Å². The number of nitrogens with one attached hydrogen (secondary N) is 1. The number of H-pyrrole nitrogens is 1. The topological polar surface area (TPSA) is 116 Å². The van der Waals surface area contributed by atoms with Gasteiger partial charge < -0.3 is 10.2 Å². The zero-order valence-electron chi connectivity index (χ0n) is 11.4. The van der Waals surface area contributed by atoms with E-state index in [0.29, 0.717) is 0 Å². The number of carboxylic acids is 2. The molecule has 0 aliphatic carbocycles. The standard InChI is InChI=1S/C13H7F4N3O4/c14-6-3-1-5(2-4-6)7(8(11(21)22)12(23)24)9-10(13(15,16)17)19-20-18-9/h1-4H,(H,21,22)(H,23,24)(H,18,19,20).